The summed E-state index contributed by atoms with van der Waals surface area (Å²) in [6.45, 7) is 0.879. The summed E-state index contributed by atoms with van der Waals surface area (Å²) in [5.41, 5.74) is 0. The topological polar surface area (TPSA) is 84.9 Å². The van der Waals surface area contributed by atoms with Crippen molar-refractivity contribution in [3.05, 3.63) is 17.2 Å². The van der Waals surface area contributed by atoms with Crippen LogP contribution >= 0.6 is 11.6 Å². The van der Waals surface area contributed by atoms with Crippen molar-refractivity contribution < 1.29 is 23.0 Å². The average molecular weight is 362 g/mol. The molecule has 0 spiro atoms. The van der Waals surface area contributed by atoms with E-state index >= 15 is 0 Å². The smallest absolute Gasteiger partial charge is 0.242 e. The Morgan fingerprint density at radius 3 is 2.61 bits per heavy atom. The van der Waals surface area contributed by atoms with E-state index in [1.165, 1.54) is 12.1 Å². The molecule has 6 nitrogen and oxygen atoms in total. The van der Waals surface area contributed by atoms with E-state index < -0.39 is 10.0 Å². The Kier molecular flexibility index (Phi) is 5.01. The first-order chi connectivity index (χ1) is 11.0. The van der Waals surface area contributed by atoms with E-state index in [-0.39, 0.29) is 28.5 Å². The second-order valence-electron chi connectivity index (χ2n) is 5.96. The SMILES string of the molecule is O=S(=O)(NC1CCCC(CO)C1)c1cc2c(cc1Cl)OCCO2. The number of hydrogen-bond acceptors (Lipinski definition) is 5. The van der Waals surface area contributed by atoms with Crippen LogP contribution < -0.4 is 14.2 Å². The zero-order chi connectivity index (χ0) is 16.4. The zero-order valence-electron chi connectivity index (χ0n) is 12.6. The van der Waals surface area contributed by atoms with E-state index in [0.717, 1.165) is 19.3 Å². The summed E-state index contributed by atoms with van der Waals surface area (Å²) in [6, 6.07) is 2.70. The van der Waals surface area contributed by atoms with E-state index in [4.69, 9.17) is 21.1 Å². The number of aliphatic hydroxyl groups is 1. The number of halogens is 1. The van der Waals surface area contributed by atoms with Crippen LogP contribution in [0.25, 0.3) is 0 Å². The van der Waals surface area contributed by atoms with E-state index in [0.29, 0.717) is 31.1 Å². The van der Waals surface area contributed by atoms with Gasteiger partial charge in [-0.25, -0.2) is 13.1 Å². The highest BCUT2D eigenvalue weighted by Gasteiger charge is 2.29. The van der Waals surface area contributed by atoms with Gasteiger partial charge in [-0.15, -0.1) is 0 Å². The van der Waals surface area contributed by atoms with Gasteiger partial charge in [-0.2, -0.15) is 0 Å². The van der Waals surface area contributed by atoms with Gasteiger partial charge in [0.1, 0.15) is 18.1 Å². The van der Waals surface area contributed by atoms with Gasteiger partial charge in [-0.1, -0.05) is 18.0 Å². The predicted molar refractivity (Wildman–Crippen MR) is 85.6 cm³/mol. The highest BCUT2D eigenvalue weighted by atomic mass is 35.5. The lowest BCUT2D eigenvalue weighted by Gasteiger charge is -2.28. The fourth-order valence-corrected chi connectivity index (χ4v) is 4.91. The number of nitrogens with one attached hydrogen (secondary N) is 1. The van der Waals surface area contributed by atoms with Gasteiger partial charge in [0.25, 0.3) is 0 Å². The molecule has 1 saturated carbocycles. The molecule has 2 unspecified atom stereocenters. The van der Waals surface area contributed by atoms with Gasteiger partial charge in [0, 0.05) is 24.8 Å². The van der Waals surface area contributed by atoms with E-state index in [2.05, 4.69) is 4.72 Å². The Labute approximate surface area is 140 Å². The minimum absolute atomic E-state index is 0.00506. The first-order valence-electron chi connectivity index (χ1n) is 7.72. The van der Waals surface area contributed by atoms with Crippen LogP contribution in [0.3, 0.4) is 0 Å². The molecule has 23 heavy (non-hydrogen) atoms. The molecule has 0 radical (unpaired) electrons. The van der Waals surface area contributed by atoms with Crippen molar-refractivity contribution in [2.45, 2.75) is 36.6 Å². The quantitative estimate of drug-likeness (QED) is 0.856. The van der Waals surface area contributed by atoms with E-state index in [1.54, 1.807) is 0 Å². The lowest BCUT2D eigenvalue weighted by atomic mass is 9.87. The number of fused-ring (bicyclic) bond motifs is 1. The van der Waals surface area contributed by atoms with Crippen LogP contribution in [-0.2, 0) is 10.0 Å². The Bertz CT molecular complexity index is 679. The molecule has 1 fully saturated rings. The summed E-state index contributed by atoms with van der Waals surface area (Å²) in [5, 5.41) is 9.38. The summed E-state index contributed by atoms with van der Waals surface area (Å²) in [7, 11) is -3.75. The average Bonchev–Trinajstić information content (AvgIpc) is 2.53. The molecule has 0 aromatic heterocycles. The van der Waals surface area contributed by atoms with Crippen LogP contribution in [0.2, 0.25) is 5.02 Å². The Hall–Kier alpha value is -1.02. The van der Waals surface area contributed by atoms with Crippen molar-refractivity contribution in [1.29, 1.82) is 0 Å². The van der Waals surface area contributed by atoms with Gasteiger partial charge in [0.05, 0.1) is 5.02 Å². The number of ether oxygens (including phenoxy) is 2. The molecule has 0 saturated heterocycles. The molecule has 3 rings (SSSR count). The van der Waals surface area contributed by atoms with Gasteiger partial charge in [0.2, 0.25) is 10.0 Å². The summed E-state index contributed by atoms with van der Waals surface area (Å²) in [6.07, 6.45) is 3.22. The third kappa shape index (κ3) is 3.74. The molecule has 1 aromatic rings. The van der Waals surface area contributed by atoms with Crippen molar-refractivity contribution in [1.82, 2.24) is 4.72 Å². The van der Waals surface area contributed by atoms with Crippen LogP contribution in [0.15, 0.2) is 17.0 Å². The summed E-state index contributed by atoms with van der Waals surface area (Å²) in [4.78, 5) is -0.00506. The highest BCUT2D eigenvalue weighted by Crippen LogP contribution is 2.37. The summed E-state index contributed by atoms with van der Waals surface area (Å²) in [5.74, 6) is 0.989. The third-order valence-corrected chi connectivity index (χ3v) is 6.23. The molecule has 1 aliphatic heterocycles. The van der Waals surface area contributed by atoms with Gasteiger partial charge >= 0.3 is 0 Å². The second kappa shape index (κ2) is 6.84. The van der Waals surface area contributed by atoms with Gasteiger partial charge < -0.3 is 14.6 Å². The second-order valence-corrected chi connectivity index (χ2v) is 8.05. The maximum Gasteiger partial charge on any atom is 0.242 e. The summed E-state index contributed by atoms with van der Waals surface area (Å²) >= 11 is 6.12. The molecular weight excluding hydrogens is 342 g/mol. The fraction of sp³-hybridized carbons (Fsp3) is 0.600. The summed E-state index contributed by atoms with van der Waals surface area (Å²) < 4.78 is 38.8. The van der Waals surface area contributed by atoms with Crippen LogP contribution in [-0.4, -0.2) is 39.4 Å². The van der Waals surface area contributed by atoms with E-state index in [1.807, 2.05) is 0 Å². The molecule has 1 heterocycles. The molecule has 1 aromatic carbocycles. The Balaban J connectivity index is 1.82. The van der Waals surface area contributed by atoms with Crippen LogP contribution in [0.4, 0.5) is 0 Å². The van der Waals surface area contributed by atoms with Crippen molar-refractivity contribution in [3.63, 3.8) is 0 Å². The molecule has 2 aliphatic rings. The number of benzene rings is 1. The third-order valence-electron chi connectivity index (χ3n) is 4.25. The minimum atomic E-state index is -3.75. The lowest BCUT2D eigenvalue weighted by molar-refractivity contribution is 0.171. The van der Waals surface area contributed by atoms with Crippen LogP contribution in [0, 0.1) is 5.92 Å². The van der Waals surface area contributed by atoms with Crippen molar-refractivity contribution in [2.24, 2.45) is 5.92 Å². The first kappa shape index (κ1) is 16.8. The molecule has 2 N–H and O–H groups in total. The molecule has 0 bridgehead atoms. The normalized spacial score (nSPS) is 24.4. The van der Waals surface area contributed by atoms with Gasteiger partial charge in [-0.05, 0) is 25.2 Å². The van der Waals surface area contributed by atoms with E-state index in [9.17, 15) is 13.5 Å². The molecular formula is C15H20ClNO5S. The molecule has 0 amide bonds. The maximum absolute atomic E-state index is 12.6. The van der Waals surface area contributed by atoms with Crippen LogP contribution in [0.5, 0.6) is 11.5 Å². The Morgan fingerprint density at radius 2 is 1.91 bits per heavy atom. The number of rotatable bonds is 4. The molecule has 8 heteroatoms. The zero-order valence-corrected chi connectivity index (χ0v) is 14.2. The fourth-order valence-electron chi connectivity index (χ4n) is 3.10. The molecule has 2 atom stereocenters. The van der Waals surface area contributed by atoms with Gasteiger partial charge in [0.15, 0.2) is 11.5 Å². The predicted octanol–water partition coefficient (Wildman–Crippen LogP) is 1.94. The van der Waals surface area contributed by atoms with Gasteiger partial charge in [-0.3, -0.25) is 0 Å². The molecule has 128 valence electrons. The monoisotopic (exact) mass is 361 g/mol. The minimum Gasteiger partial charge on any atom is -0.486 e. The standard InChI is InChI=1S/C15H20ClNO5S/c16-12-7-13-14(22-5-4-21-13)8-15(12)23(19,20)17-11-3-1-2-10(6-11)9-18/h7-8,10-11,17-18H,1-6,9H2. The van der Waals surface area contributed by atoms with Crippen molar-refractivity contribution >= 4 is 21.6 Å². The van der Waals surface area contributed by atoms with Crippen LogP contribution in [0.1, 0.15) is 25.7 Å². The van der Waals surface area contributed by atoms with Crippen molar-refractivity contribution in [2.75, 3.05) is 19.8 Å². The number of aliphatic hydroxyl groups excluding tert-OH is 1. The first-order valence-corrected chi connectivity index (χ1v) is 9.58. The highest BCUT2D eigenvalue weighted by molar-refractivity contribution is 7.89. The molecule has 1 aliphatic carbocycles. The largest absolute Gasteiger partial charge is 0.486 e. The lowest BCUT2D eigenvalue weighted by Crippen LogP contribution is -2.39. The maximum atomic E-state index is 12.6. The van der Waals surface area contributed by atoms with Crippen molar-refractivity contribution in [3.8, 4) is 11.5 Å². The number of hydrogen-bond donors (Lipinski definition) is 2. The Morgan fingerprint density at radius 1 is 1.22 bits per heavy atom. The number of sulfonamides is 1.